The Balaban J connectivity index is 2.24. The highest BCUT2D eigenvalue weighted by Crippen LogP contribution is 2.19. The molecule has 0 saturated carbocycles. The first kappa shape index (κ1) is 10.7. The molecule has 5 nitrogen and oxygen atoms in total. The van der Waals surface area contributed by atoms with Gasteiger partial charge in [0.2, 0.25) is 0 Å². The van der Waals surface area contributed by atoms with Gasteiger partial charge >= 0.3 is 0 Å². The number of aromatic nitrogens is 2. The SMILES string of the molecule is Nc1snnc1CSCC(O)CO. The summed E-state index contributed by atoms with van der Waals surface area (Å²) in [5.74, 6) is 1.10. The first-order valence-electron chi connectivity index (χ1n) is 3.67. The number of anilines is 1. The molecule has 0 spiro atoms. The average molecular weight is 221 g/mol. The van der Waals surface area contributed by atoms with Crippen LogP contribution in [0.2, 0.25) is 0 Å². The summed E-state index contributed by atoms with van der Waals surface area (Å²) in [6.07, 6.45) is -0.669. The van der Waals surface area contributed by atoms with Gasteiger partial charge in [0, 0.05) is 23.0 Å². The molecule has 0 aliphatic heterocycles. The van der Waals surface area contributed by atoms with E-state index in [1.807, 2.05) is 0 Å². The van der Waals surface area contributed by atoms with Crippen LogP contribution >= 0.6 is 23.3 Å². The van der Waals surface area contributed by atoms with Gasteiger partial charge in [0.1, 0.15) is 10.7 Å². The second kappa shape index (κ2) is 5.38. The number of thioether (sulfide) groups is 1. The maximum atomic E-state index is 9.02. The lowest BCUT2D eigenvalue weighted by Gasteiger charge is -2.04. The lowest BCUT2D eigenvalue weighted by atomic mass is 10.4. The van der Waals surface area contributed by atoms with E-state index in [4.69, 9.17) is 15.9 Å². The third kappa shape index (κ3) is 3.47. The fraction of sp³-hybridized carbons (Fsp3) is 0.667. The van der Waals surface area contributed by atoms with Crippen LogP contribution < -0.4 is 5.73 Å². The highest BCUT2D eigenvalue weighted by Gasteiger charge is 2.06. The molecule has 0 radical (unpaired) electrons. The van der Waals surface area contributed by atoms with Crippen LogP contribution in [-0.2, 0) is 5.75 Å². The molecule has 7 heteroatoms. The smallest absolute Gasteiger partial charge is 0.131 e. The second-order valence-electron chi connectivity index (χ2n) is 2.44. The Labute approximate surface area is 84.1 Å². The van der Waals surface area contributed by atoms with Gasteiger partial charge in [-0.15, -0.1) is 5.10 Å². The quantitative estimate of drug-likeness (QED) is 0.632. The first-order chi connectivity index (χ1) is 6.24. The maximum absolute atomic E-state index is 9.02. The van der Waals surface area contributed by atoms with Crippen LogP contribution in [0.1, 0.15) is 5.69 Å². The largest absolute Gasteiger partial charge is 0.394 e. The summed E-state index contributed by atoms with van der Waals surface area (Å²) in [4.78, 5) is 0. The molecule has 0 fully saturated rings. The van der Waals surface area contributed by atoms with Gasteiger partial charge in [-0.2, -0.15) is 11.8 Å². The molecule has 0 aliphatic carbocycles. The molecule has 1 rings (SSSR count). The molecule has 13 heavy (non-hydrogen) atoms. The highest BCUT2D eigenvalue weighted by molar-refractivity contribution is 7.98. The minimum absolute atomic E-state index is 0.211. The van der Waals surface area contributed by atoms with Crippen LogP contribution in [-0.4, -0.2) is 38.3 Å². The van der Waals surface area contributed by atoms with Crippen LogP contribution in [0.25, 0.3) is 0 Å². The van der Waals surface area contributed by atoms with Gasteiger partial charge in [-0.1, -0.05) is 4.49 Å². The molecule has 1 aromatic heterocycles. The number of rotatable bonds is 5. The summed E-state index contributed by atoms with van der Waals surface area (Å²) in [7, 11) is 0. The summed E-state index contributed by atoms with van der Waals surface area (Å²) >= 11 is 2.63. The van der Waals surface area contributed by atoms with E-state index in [-0.39, 0.29) is 6.61 Å². The van der Waals surface area contributed by atoms with Crippen molar-refractivity contribution in [3.8, 4) is 0 Å². The fourth-order valence-electron chi connectivity index (χ4n) is 0.660. The molecule has 0 amide bonds. The number of aliphatic hydroxyl groups is 2. The summed E-state index contributed by atoms with van der Waals surface area (Å²) in [5.41, 5.74) is 6.31. The van der Waals surface area contributed by atoms with Gasteiger partial charge in [-0.3, -0.25) is 0 Å². The van der Waals surface area contributed by atoms with E-state index in [1.165, 1.54) is 11.8 Å². The third-order valence-corrected chi connectivity index (χ3v) is 3.04. The zero-order valence-electron chi connectivity index (χ0n) is 6.88. The summed E-state index contributed by atoms with van der Waals surface area (Å²) in [6, 6.07) is 0. The second-order valence-corrected chi connectivity index (χ2v) is 4.25. The van der Waals surface area contributed by atoms with E-state index in [2.05, 4.69) is 9.59 Å². The average Bonchev–Trinajstić information content (AvgIpc) is 2.52. The molecule has 1 heterocycles. The third-order valence-electron chi connectivity index (χ3n) is 1.34. The standard InChI is InChI=1S/C6H11N3O2S2/c7-6-5(8-9-13-6)3-12-2-4(11)1-10/h4,10-11H,1-3,7H2. The zero-order valence-corrected chi connectivity index (χ0v) is 8.51. The number of aliphatic hydroxyl groups excluding tert-OH is 2. The Kier molecular flexibility index (Phi) is 4.43. The van der Waals surface area contributed by atoms with Crippen molar-refractivity contribution in [2.24, 2.45) is 0 Å². The molecule has 4 N–H and O–H groups in total. The van der Waals surface area contributed by atoms with E-state index in [0.717, 1.165) is 17.2 Å². The Morgan fingerprint density at radius 1 is 1.62 bits per heavy atom. The zero-order chi connectivity index (χ0) is 9.68. The van der Waals surface area contributed by atoms with Crippen molar-refractivity contribution in [2.45, 2.75) is 11.9 Å². The van der Waals surface area contributed by atoms with Crippen molar-refractivity contribution < 1.29 is 10.2 Å². The fourth-order valence-corrected chi connectivity index (χ4v) is 2.10. The van der Waals surface area contributed by atoms with Gasteiger partial charge in [-0.05, 0) is 0 Å². The topological polar surface area (TPSA) is 92.3 Å². The summed E-state index contributed by atoms with van der Waals surface area (Å²) in [5, 5.41) is 22.0. The Hall–Kier alpha value is -0.370. The number of nitrogens with zero attached hydrogens (tertiary/aromatic N) is 2. The van der Waals surface area contributed by atoms with Crippen molar-refractivity contribution in [1.82, 2.24) is 9.59 Å². The molecule has 1 aromatic rings. The molecule has 1 unspecified atom stereocenters. The number of nitrogen functional groups attached to an aromatic ring is 1. The number of hydrogen-bond donors (Lipinski definition) is 3. The lowest BCUT2D eigenvalue weighted by molar-refractivity contribution is 0.113. The minimum Gasteiger partial charge on any atom is -0.394 e. The van der Waals surface area contributed by atoms with E-state index in [0.29, 0.717) is 16.5 Å². The predicted octanol–water partition coefficient (Wildman–Crippen LogP) is -0.293. The summed E-state index contributed by atoms with van der Waals surface area (Å²) in [6.45, 7) is -0.211. The van der Waals surface area contributed by atoms with Crippen molar-refractivity contribution in [3.05, 3.63) is 5.69 Å². The summed E-state index contributed by atoms with van der Waals surface area (Å²) < 4.78 is 3.68. The van der Waals surface area contributed by atoms with E-state index in [1.54, 1.807) is 0 Å². The van der Waals surface area contributed by atoms with Gasteiger partial charge in [0.15, 0.2) is 0 Å². The van der Waals surface area contributed by atoms with Gasteiger partial charge in [0.25, 0.3) is 0 Å². The molecule has 0 aliphatic rings. The van der Waals surface area contributed by atoms with Gasteiger partial charge in [-0.25, -0.2) is 0 Å². The monoisotopic (exact) mass is 221 g/mol. The Bertz CT molecular complexity index is 256. The van der Waals surface area contributed by atoms with Crippen molar-refractivity contribution in [3.63, 3.8) is 0 Å². The molecule has 1 atom stereocenters. The van der Waals surface area contributed by atoms with Crippen molar-refractivity contribution in [1.29, 1.82) is 0 Å². The molecular weight excluding hydrogens is 210 g/mol. The van der Waals surface area contributed by atoms with Crippen molar-refractivity contribution in [2.75, 3.05) is 18.1 Å². The predicted molar refractivity (Wildman–Crippen MR) is 53.6 cm³/mol. The van der Waals surface area contributed by atoms with E-state index < -0.39 is 6.10 Å². The van der Waals surface area contributed by atoms with Crippen LogP contribution in [0, 0.1) is 0 Å². The maximum Gasteiger partial charge on any atom is 0.131 e. The van der Waals surface area contributed by atoms with Crippen LogP contribution in [0.5, 0.6) is 0 Å². The Morgan fingerprint density at radius 3 is 2.92 bits per heavy atom. The number of hydrogen-bond acceptors (Lipinski definition) is 7. The minimum atomic E-state index is -0.669. The van der Waals surface area contributed by atoms with Crippen LogP contribution in [0.3, 0.4) is 0 Å². The van der Waals surface area contributed by atoms with E-state index in [9.17, 15) is 0 Å². The Morgan fingerprint density at radius 2 is 2.38 bits per heavy atom. The molecular formula is C6H11N3O2S2. The van der Waals surface area contributed by atoms with Gasteiger partial charge < -0.3 is 15.9 Å². The lowest BCUT2D eigenvalue weighted by Crippen LogP contribution is -2.14. The first-order valence-corrected chi connectivity index (χ1v) is 5.60. The van der Waals surface area contributed by atoms with Crippen molar-refractivity contribution >= 4 is 28.3 Å². The normalized spacial score (nSPS) is 13.1. The molecule has 74 valence electrons. The van der Waals surface area contributed by atoms with E-state index >= 15 is 0 Å². The van der Waals surface area contributed by atoms with Crippen LogP contribution in [0.4, 0.5) is 5.00 Å². The molecule has 0 aromatic carbocycles. The highest BCUT2D eigenvalue weighted by atomic mass is 32.2. The molecule has 0 saturated heterocycles. The molecule has 0 bridgehead atoms. The number of nitrogens with two attached hydrogens (primary N) is 1. The van der Waals surface area contributed by atoms with Gasteiger partial charge in [0.05, 0.1) is 12.7 Å². The van der Waals surface area contributed by atoms with Crippen LogP contribution in [0.15, 0.2) is 0 Å².